The Hall–Kier alpha value is -16.0. The molecule has 0 saturated carbocycles. The number of urea groups is 4. The minimum Gasteiger partial charge on any atom is -0.341 e. The number of imidazole rings is 4. The number of hydrogen-bond acceptors (Lipinski definition) is 16. The smallest absolute Gasteiger partial charge is 0.323 e. The molecule has 0 aliphatic rings. The van der Waals surface area contributed by atoms with E-state index in [1.54, 1.807) is 111 Å². The van der Waals surface area contributed by atoms with Crippen molar-refractivity contribution < 1.29 is 44.8 Å². The van der Waals surface area contributed by atoms with Crippen LogP contribution in [0.5, 0.6) is 0 Å². The maximum atomic E-state index is 13.8. The summed E-state index contributed by atoms with van der Waals surface area (Å²) in [6, 6.07) is 66.2. The quantitative estimate of drug-likeness (QED) is 0.0358. The zero-order chi connectivity index (χ0) is 97.4. The minimum absolute atomic E-state index is 0.0206. The zero-order valence-electron chi connectivity index (χ0n) is 77.8. The molecule has 32 heteroatoms. The number of aromatic nitrogens is 12. The molecule has 16 rings (SSSR count). The topological polar surface area (TPSA) is 399 Å². The van der Waals surface area contributed by atoms with Gasteiger partial charge >= 0.3 is 24.1 Å². The summed E-state index contributed by atoms with van der Waals surface area (Å²) in [5.41, 5.74) is 18.3. The molecule has 16 aromatic rings. The molecule has 0 bridgehead atoms. The lowest BCUT2D eigenvalue weighted by Gasteiger charge is -2.14. The predicted octanol–water partition coefficient (Wildman–Crippen LogP) is 24.1. The fourth-order valence-corrected chi connectivity index (χ4v) is 15.3. The van der Waals surface area contributed by atoms with Gasteiger partial charge in [-0.3, -0.25) is 19.9 Å². The normalized spacial score (nSPS) is 11.5. The van der Waals surface area contributed by atoms with Gasteiger partial charge in [-0.05, 0) is 182 Å². The first-order valence-electron chi connectivity index (χ1n) is 43.5. The number of carbonyl (C=O) groups is 4. The van der Waals surface area contributed by atoms with E-state index in [0.29, 0.717) is 40.2 Å². The standard InChI is InChI=1S/C27H29N5O3S.C26H27N5O3S.C26H27N5O.C25H23F2N5O/c1-5-36(34,35)22-11-9-20(10-12-22)29-26(33)30-21-8-6-7-19(17-21)24-23(18-13-15-28-16-14-18)31-25(32-24)27(2,3)4;1-26(2,3)24-30-22(17-12-14-27-15-13-17)23(31-24)18-6-5-7-20(16-18)29-25(32)28-19-8-10-21(11-9-19)35(4,33)34;1-17-7-5-9-20(15-17)28-25(32)29-21-10-6-8-19(16-21)23-22(18-11-13-27-14-12-18)30-24(31-23)26(2,3)4;1-25(2,3)23-31-21(15-9-11-28-12-10-15)22(32-23)16-5-4-6-18(13-16)29-24(33)30-20-8-7-17(26)14-19(20)27/h6-17H,5H2,1-4H3,(H,31,32)(H2,29,30,33);5-16H,1-4H3,(H,30,31)(H2,28,29,32);5-16H,1-4H3,(H,30,31)(H2,28,29,32);4-14H,1-3H3,(H,31,32)(H2,29,30,33). The van der Waals surface area contributed by atoms with Crippen LogP contribution in [0.25, 0.3) is 90.1 Å². The predicted molar refractivity (Wildman–Crippen MR) is 536 cm³/mol. The highest BCUT2D eigenvalue weighted by atomic mass is 32.2. The minimum atomic E-state index is -3.30. The van der Waals surface area contributed by atoms with Crippen LogP contribution in [0.2, 0.25) is 0 Å². The molecule has 0 atom stereocenters. The number of aromatic amines is 4. The number of sulfone groups is 2. The van der Waals surface area contributed by atoms with Crippen LogP contribution in [0.1, 0.15) is 119 Å². The fourth-order valence-electron chi connectivity index (χ4n) is 13.8. The molecular weight excluding hydrogens is 1760 g/mol. The summed E-state index contributed by atoms with van der Waals surface area (Å²) in [7, 11) is -6.59. The number of benzene rings is 8. The number of aryl methyl sites for hydroxylation is 1. The van der Waals surface area contributed by atoms with Crippen LogP contribution in [0.3, 0.4) is 0 Å². The van der Waals surface area contributed by atoms with Gasteiger partial charge in [0.05, 0.1) is 66.8 Å². The van der Waals surface area contributed by atoms with Gasteiger partial charge in [-0.25, -0.2) is 64.7 Å². The van der Waals surface area contributed by atoms with Crippen molar-refractivity contribution in [1.29, 1.82) is 0 Å². The number of amides is 8. The molecule has 696 valence electrons. The highest BCUT2D eigenvalue weighted by molar-refractivity contribution is 7.91. The van der Waals surface area contributed by atoms with Gasteiger partial charge in [0.25, 0.3) is 0 Å². The SMILES string of the molecule is CC(C)(C)c1nc(-c2cccc(NC(=O)Nc3ccc(F)cc3F)c2)c(-c2ccncc2)[nH]1.CC(C)(C)c1nc(-c2cccc(NC(=O)Nc3ccc(S(C)(=O)=O)cc3)c2)c(-c2ccncc2)[nH]1.CCS(=O)(=O)c1ccc(NC(=O)Nc2cccc(-c3nc(C(C)(C)C)[nH]c3-c3ccncc3)c2)cc1.Cc1cccc(NC(=O)Nc2cccc(-c3nc(C(C)(C)C)[nH]c3-c3ccncc3)c2)c1. The van der Waals surface area contributed by atoms with Gasteiger partial charge in [0.15, 0.2) is 19.7 Å². The second kappa shape index (κ2) is 41.9. The number of H-pyrrole nitrogens is 4. The Kier molecular flexibility index (Phi) is 30.0. The third-order valence-electron chi connectivity index (χ3n) is 21.0. The first-order chi connectivity index (χ1) is 64.6. The number of nitrogens with zero attached hydrogens (tertiary/aromatic N) is 8. The van der Waals surface area contributed by atoms with Gasteiger partial charge in [-0.2, -0.15) is 0 Å². The van der Waals surface area contributed by atoms with E-state index in [0.717, 1.165) is 137 Å². The summed E-state index contributed by atoms with van der Waals surface area (Å²) in [4.78, 5) is 100. The van der Waals surface area contributed by atoms with Gasteiger partial charge in [-0.1, -0.05) is 151 Å². The molecule has 8 aromatic heterocycles. The third-order valence-corrected chi connectivity index (χ3v) is 23.8. The molecule has 8 heterocycles. The number of carbonyl (C=O) groups excluding carboxylic acids is 4. The highest BCUT2D eigenvalue weighted by Crippen LogP contribution is 2.40. The summed E-state index contributed by atoms with van der Waals surface area (Å²) in [6.45, 7) is 28.7. The molecule has 136 heavy (non-hydrogen) atoms. The number of hydrogen-bond donors (Lipinski definition) is 12. The van der Waals surface area contributed by atoms with Gasteiger partial charge in [0, 0.05) is 168 Å². The van der Waals surface area contributed by atoms with Gasteiger partial charge in [0.2, 0.25) is 0 Å². The molecule has 0 radical (unpaired) electrons. The first kappa shape index (κ1) is 97.6. The fraction of sp³-hybridized carbons (Fsp3) is 0.192. The Morgan fingerprint density at radius 1 is 0.309 bits per heavy atom. The lowest BCUT2D eigenvalue weighted by atomic mass is 9.96. The van der Waals surface area contributed by atoms with Crippen molar-refractivity contribution in [3.05, 3.63) is 327 Å². The largest absolute Gasteiger partial charge is 0.341 e. The van der Waals surface area contributed by atoms with Crippen LogP contribution in [0.15, 0.2) is 296 Å². The second-order valence-corrected chi connectivity index (χ2v) is 40.3. The lowest BCUT2D eigenvalue weighted by molar-refractivity contribution is 0.261. The Morgan fingerprint density at radius 2 is 0.574 bits per heavy atom. The maximum absolute atomic E-state index is 13.8. The number of anilines is 8. The van der Waals surface area contributed by atoms with E-state index in [-0.39, 0.29) is 48.9 Å². The van der Waals surface area contributed by atoms with Crippen LogP contribution in [-0.2, 0) is 41.3 Å². The molecule has 28 nitrogen and oxygen atoms in total. The molecule has 0 aliphatic carbocycles. The maximum Gasteiger partial charge on any atom is 0.323 e. The van der Waals surface area contributed by atoms with E-state index in [2.05, 4.69) is 165 Å². The summed E-state index contributed by atoms with van der Waals surface area (Å²) < 4.78 is 74.1. The van der Waals surface area contributed by atoms with Crippen LogP contribution < -0.4 is 42.5 Å². The average molecular weight is 1870 g/mol. The molecule has 0 aliphatic heterocycles. The number of halogens is 2. The molecule has 8 aromatic carbocycles. The van der Waals surface area contributed by atoms with Crippen molar-refractivity contribution in [2.24, 2.45) is 0 Å². The van der Waals surface area contributed by atoms with E-state index in [4.69, 9.17) is 19.9 Å². The van der Waals surface area contributed by atoms with E-state index < -0.39 is 49.4 Å². The lowest BCUT2D eigenvalue weighted by Crippen LogP contribution is -2.20. The molecule has 0 fully saturated rings. The third kappa shape index (κ3) is 25.9. The van der Waals surface area contributed by atoms with Crippen LogP contribution >= 0.6 is 0 Å². The van der Waals surface area contributed by atoms with Crippen LogP contribution in [0, 0.1) is 18.6 Å². The number of nitrogens with one attached hydrogen (secondary N) is 12. The number of rotatable bonds is 19. The van der Waals surface area contributed by atoms with Crippen molar-refractivity contribution in [2.75, 3.05) is 54.5 Å². The Bertz CT molecular complexity index is 7180. The summed E-state index contributed by atoms with van der Waals surface area (Å²) in [5.74, 6) is 1.88. The van der Waals surface area contributed by atoms with Crippen molar-refractivity contribution >= 4 is 89.3 Å². The van der Waals surface area contributed by atoms with Gasteiger partial charge in [0.1, 0.15) is 34.9 Å². The Balaban J connectivity index is 0.000000154. The summed E-state index contributed by atoms with van der Waals surface area (Å²) in [6.07, 6.45) is 15.1. The molecule has 0 unspecified atom stereocenters. The van der Waals surface area contributed by atoms with E-state index in [9.17, 15) is 44.8 Å². The second-order valence-electron chi connectivity index (χ2n) is 36.0. The van der Waals surface area contributed by atoms with Gasteiger partial charge in [-0.15, -0.1) is 0 Å². The Morgan fingerprint density at radius 3 is 0.838 bits per heavy atom. The monoisotopic (exact) mass is 1860 g/mol. The van der Waals surface area contributed by atoms with E-state index in [1.807, 2.05) is 146 Å². The average Bonchev–Trinajstić information content (AvgIpc) is 1.65. The van der Waals surface area contributed by atoms with Crippen LogP contribution in [-0.4, -0.2) is 113 Å². The zero-order valence-corrected chi connectivity index (χ0v) is 79.4. The van der Waals surface area contributed by atoms with E-state index in [1.165, 1.54) is 30.3 Å². The molecule has 0 spiro atoms. The van der Waals surface area contributed by atoms with Crippen molar-refractivity contribution in [3.8, 4) is 90.1 Å². The Labute approximate surface area is 788 Å². The first-order valence-corrected chi connectivity index (χ1v) is 47.0. The highest BCUT2D eigenvalue weighted by Gasteiger charge is 2.29. The molecule has 8 amide bonds. The van der Waals surface area contributed by atoms with Crippen LogP contribution in [0.4, 0.5) is 73.5 Å². The van der Waals surface area contributed by atoms with Crippen molar-refractivity contribution in [2.45, 2.75) is 128 Å². The van der Waals surface area contributed by atoms with Crippen molar-refractivity contribution in [1.82, 2.24) is 59.8 Å². The molecule has 12 N–H and O–H groups in total. The number of pyridine rings is 4. The molecular formula is C104H106F2N20O8S2. The summed E-state index contributed by atoms with van der Waals surface area (Å²) >= 11 is 0. The van der Waals surface area contributed by atoms with E-state index >= 15 is 0 Å². The van der Waals surface area contributed by atoms with Gasteiger partial charge < -0.3 is 62.5 Å². The van der Waals surface area contributed by atoms with Crippen molar-refractivity contribution in [3.63, 3.8) is 0 Å². The summed E-state index contributed by atoms with van der Waals surface area (Å²) in [5, 5.41) is 22.0. The molecule has 0 saturated heterocycles.